The van der Waals surface area contributed by atoms with Gasteiger partial charge in [-0.15, -0.1) is 0 Å². The Morgan fingerprint density at radius 3 is 2.52 bits per heavy atom. The van der Waals surface area contributed by atoms with Gasteiger partial charge in [0.25, 0.3) is 5.91 Å². The topological polar surface area (TPSA) is 129 Å². The average molecular weight is 626 g/mol. The maximum absolute atomic E-state index is 13.2. The van der Waals surface area contributed by atoms with Crippen molar-refractivity contribution < 1.29 is 19.1 Å². The molecule has 1 aliphatic heterocycles. The lowest BCUT2D eigenvalue weighted by molar-refractivity contribution is -0.120. The van der Waals surface area contributed by atoms with Crippen LogP contribution < -0.4 is 30.5 Å². The number of carbonyl (C=O) groups is 3. The third-order valence-corrected chi connectivity index (χ3v) is 8.81. The van der Waals surface area contributed by atoms with E-state index in [0.717, 1.165) is 37.1 Å². The number of nitrogens with one attached hydrogen (secondary N) is 3. The van der Waals surface area contributed by atoms with E-state index < -0.39 is 0 Å². The SMILES string of the molecule is CCC1C(=O)N(C)c2cnc(Nc3ccc(C(=O)Nc4ccc(/C=C/CC(NC)C(C)=O)cc4)cc3OC)nc2N1C1CCCC1. The summed E-state index contributed by atoms with van der Waals surface area (Å²) in [6, 6.07) is 12.5. The molecule has 0 saturated heterocycles. The molecular weight excluding hydrogens is 582 g/mol. The Bertz CT molecular complexity index is 1600. The van der Waals surface area contributed by atoms with Crippen LogP contribution in [0.1, 0.15) is 68.3 Å². The molecule has 46 heavy (non-hydrogen) atoms. The Kier molecular flexibility index (Phi) is 10.3. The van der Waals surface area contributed by atoms with E-state index in [1.165, 1.54) is 0 Å². The van der Waals surface area contributed by atoms with Crippen molar-refractivity contribution in [1.29, 1.82) is 0 Å². The molecule has 1 fully saturated rings. The van der Waals surface area contributed by atoms with E-state index in [4.69, 9.17) is 9.72 Å². The third-order valence-electron chi connectivity index (χ3n) is 8.81. The number of amides is 2. The molecular formula is C35H43N7O4. The summed E-state index contributed by atoms with van der Waals surface area (Å²) in [7, 11) is 5.10. The molecule has 1 saturated carbocycles. The van der Waals surface area contributed by atoms with Crippen molar-refractivity contribution in [2.45, 2.75) is 70.5 Å². The molecule has 3 N–H and O–H groups in total. The smallest absolute Gasteiger partial charge is 0.255 e. The Morgan fingerprint density at radius 1 is 1.13 bits per heavy atom. The Morgan fingerprint density at radius 2 is 1.87 bits per heavy atom. The van der Waals surface area contributed by atoms with Crippen LogP contribution >= 0.6 is 0 Å². The van der Waals surface area contributed by atoms with Crippen molar-refractivity contribution in [3.63, 3.8) is 0 Å². The number of Topliss-reactive ketones (excluding diaryl/α,β-unsaturated/α-hetero) is 1. The minimum Gasteiger partial charge on any atom is -0.495 e. The molecule has 11 heteroatoms. The van der Waals surface area contributed by atoms with E-state index in [1.54, 1.807) is 57.4 Å². The summed E-state index contributed by atoms with van der Waals surface area (Å²) in [4.78, 5) is 51.2. The van der Waals surface area contributed by atoms with Crippen LogP contribution in [-0.4, -0.2) is 66.9 Å². The molecule has 11 nitrogen and oxygen atoms in total. The second-order valence-electron chi connectivity index (χ2n) is 11.8. The fraction of sp³-hybridized carbons (Fsp3) is 0.400. The summed E-state index contributed by atoms with van der Waals surface area (Å²) in [6.45, 7) is 3.61. The summed E-state index contributed by atoms with van der Waals surface area (Å²) < 4.78 is 5.64. The quantitative estimate of drug-likeness (QED) is 0.237. The molecule has 2 aliphatic rings. The number of ether oxygens (including phenoxy) is 1. The van der Waals surface area contributed by atoms with E-state index in [0.29, 0.717) is 47.2 Å². The van der Waals surface area contributed by atoms with Crippen LogP contribution in [0.3, 0.4) is 0 Å². The predicted octanol–water partition coefficient (Wildman–Crippen LogP) is 5.57. The molecule has 2 heterocycles. The first kappa shape index (κ1) is 32.6. The molecule has 0 spiro atoms. The van der Waals surface area contributed by atoms with Gasteiger partial charge in [-0.3, -0.25) is 14.4 Å². The van der Waals surface area contributed by atoms with Gasteiger partial charge in [0.15, 0.2) is 5.82 Å². The maximum atomic E-state index is 13.2. The highest BCUT2D eigenvalue weighted by Gasteiger charge is 2.41. The first-order valence-electron chi connectivity index (χ1n) is 15.9. The molecule has 2 amide bonds. The molecule has 0 radical (unpaired) electrons. The van der Waals surface area contributed by atoms with E-state index in [2.05, 4.69) is 25.8 Å². The lowest BCUT2D eigenvalue weighted by Crippen LogP contribution is -2.55. The van der Waals surface area contributed by atoms with E-state index in [-0.39, 0.29) is 35.7 Å². The minimum atomic E-state index is -0.276. The van der Waals surface area contributed by atoms with Crippen molar-refractivity contribution in [3.8, 4) is 5.75 Å². The Balaban J connectivity index is 1.29. The number of carbonyl (C=O) groups excluding carboxylic acids is 3. The zero-order valence-electron chi connectivity index (χ0n) is 27.2. The van der Waals surface area contributed by atoms with Crippen molar-refractivity contribution in [2.75, 3.05) is 41.6 Å². The van der Waals surface area contributed by atoms with Gasteiger partial charge in [0.05, 0.1) is 25.0 Å². The molecule has 0 bridgehead atoms. The fourth-order valence-corrected chi connectivity index (χ4v) is 6.21. The van der Waals surface area contributed by atoms with Gasteiger partial charge in [0.2, 0.25) is 11.9 Å². The third kappa shape index (κ3) is 7.04. The molecule has 5 rings (SSSR count). The molecule has 242 valence electrons. The van der Waals surface area contributed by atoms with Crippen molar-refractivity contribution in [2.24, 2.45) is 0 Å². The van der Waals surface area contributed by atoms with Crippen molar-refractivity contribution >= 4 is 52.5 Å². The number of aromatic nitrogens is 2. The van der Waals surface area contributed by atoms with Gasteiger partial charge in [-0.25, -0.2) is 4.98 Å². The van der Waals surface area contributed by atoms with Crippen LogP contribution in [0.2, 0.25) is 0 Å². The highest BCUT2D eigenvalue weighted by Crippen LogP contribution is 2.40. The summed E-state index contributed by atoms with van der Waals surface area (Å²) in [5.74, 6) is 1.49. The summed E-state index contributed by atoms with van der Waals surface area (Å²) in [5, 5.41) is 9.20. The molecule has 1 aromatic heterocycles. The van der Waals surface area contributed by atoms with Crippen LogP contribution in [0.15, 0.2) is 54.7 Å². The number of anilines is 5. The van der Waals surface area contributed by atoms with Gasteiger partial charge in [0, 0.05) is 24.3 Å². The standard InChI is InChI=1S/C35H43N7O4/c1-6-29-34(45)41(4)30-21-37-35(40-32(30)42(29)26-11-7-8-12-26)39-28-19-16-24(20-31(28)46-5)33(44)38-25-17-14-23(15-18-25)10-9-13-27(36-3)22(2)43/h9-10,14-21,26-27,29,36H,6-8,11-13H2,1-5H3,(H,38,44)(H,37,39,40)/b10-9+. The highest BCUT2D eigenvalue weighted by atomic mass is 16.5. The number of benzene rings is 2. The lowest BCUT2D eigenvalue weighted by atomic mass is 10.0. The number of nitrogens with zero attached hydrogens (tertiary/aromatic N) is 4. The number of hydrogen-bond donors (Lipinski definition) is 3. The van der Waals surface area contributed by atoms with Gasteiger partial charge < -0.3 is 30.5 Å². The summed E-state index contributed by atoms with van der Waals surface area (Å²) in [5.41, 5.74) is 3.36. The van der Waals surface area contributed by atoms with Gasteiger partial charge in [-0.05, 0) is 75.5 Å². The Labute approximate surface area is 270 Å². The van der Waals surface area contributed by atoms with Gasteiger partial charge in [-0.1, -0.05) is 44.1 Å². The van der Waals surface area contributed by atoms with Crippen LogP contribution in [0.5, 0.6) is 5.75 Å². The van der Waals surface area contributed by atoms with Gasteiger partial charge in [-0.2, -0.15) is 4.98 Å². The zero-order chi connectivity index (χ0) is 32.8. The number of methoxy groups -OCH3 is 1. The normalized spacial score (nSPS) is 17.2. The molecule has 2 aromatic carbocycles. The van der Waals surface area contributed by atoms with Gasteiger partial charge in [0.1, 0.15) is 23.3 Å². The number of ketones is 1. The second-order valence-corrected chi connectivity index (χ2v) is 11.8. The molecule has 3 aromatic rings. The van der Waals surface area contributed by atoms with E-state index in [9.17, 15) is 14.4 Å². The molecule has 1 aliphatic carbocycles. The fourth-order valence-electron chi connectivity index (χ4n) is 6.21. The number of likely N-dealkylation sites (N-methyl/N-ethyl adjacent to an activating group) is 2. The van der Waals surface area contributed by atoms with Crippen LogP contribution in [-0.2, 0) is 9.59 Å². The monoisotopic (exact) mass is 625 g/mol. The van der Waals surface area contributed by atoms with Crippen LogP contribution in [0.4, 0.5) is 28.8 Å². The van der Waals surface area contributed by atoms with Crippen LogP contribution in [0.25, 0.3) is 6.08 Å². The number of fused-ring (bicyclic) bond motifs is 1. The lowest BCUT2D eigenvalue weighted by Gasteiger charge is -2.43. The number of hydrogen-bond acceptors (Lipinski definition) is 9. The van der Waals surface area contributed by atoms with Crippen molar-refractivity contribution in [3.05, 3.63) is 65.9 Å². The summed E-state index contributed by atoms with van der Waals surface area (Å²) >= 11 is 0. The van der Waals surface area contributed by atoms with E-state index in [1.807, 2.05) is 43.3 Å². The summed E-state index contributed by atoms with van der Waals surface area (Å²) in [6.07, 6.45) is 11.3. The predicted molar refractivity (Wildman–Crippen MR) is 182 cm³/mol. The molecule has 2 unspecified atom stereocenters. The first-order chi connectivity index (χ1) is 22.2. The average Bonchev–Trinajstić information content (AvgIpc) is 3.60. The highest BCUT2D eigenvalue weighted by molar-refractivity contribution is 6.05. The second kappa shape index (κ2) is 14.6. The van der Waals surface area contributed by atoms with Crippen LogP contribution in [0, 0.1) is 0 Å². The maximum Gasteiger partial charge on any atom is 0.255 e. The first-order valence-corrected chi connectivity index (χ1v) is 15.9. The largest absolute Gasteiger partial charge is 0.495 e. The Hall–Kier alpha value is -4.77. The minimum absolute atomic E-state index is 0.0681. The van der Waals surface area contributed by atoms with Gasteiger partial charge >= 0.3 is 0 Å². The van der Waals surface area contributed by atoms with E-state index >= 15 is 0 Å². The molecule has 2 atom stereocenters. The zero-order valence-corrected chi connectivity index (χ0v) is 27.2. The number of rotatable bonds is 12. The van der Waals surface area contributed by atoms with Crippen molar-refractivity contribution in [1.82, 2.24) is 15.3 Å².